The van der Waals surface area contributed by atoms with E-state index in [1.54, 1.807) is 6.07 Å². The zero-order chi connectivity index (χ0) is 13.5. The first kappa shape index (κ1) is 14.2. The van der Waals surface area contributed by atoms with E-state index in [9.17, 15) is 13.6 Å². The number of carbonyl (C=O) groups is 1. The average molecular weight is 265 g/mol. The molecule has 1 aromatic rings. The van der Waals surface area contributed by atoms with Crippen LogP contribution in [0.5, 0.6) is 0 Å². The van der Waals surface area contributed by atoms with Gasteiger partial charge in [0, 0.05) is 19.1 Å². The van der Waals surface area contributed by atoms with Crippen molar-refractivity contribution in [2.45, 2.75) is 13.3 Å². The van der Waals surface area contributed by atoms with Crippen molar-refractivity contribution in [1.29, 1.82) is 5.26 Å². The zero-order valence-corrected chi connectivity index (χ0v) is 10.4. The van der Waals surface area contributed by atoms with Crippen molar-refractivity contribution in [2.75, 3.05) is 5.75 Å². The number of hydrogen-bond acceptors (Lipinski definition) is 3. The number of halogens is 2. The van der Waals surface area contributed by atoms with Crippen molar-refractivity contribution in [2.24, 2.45) is 0 Å². The predicted octanol–water partition coefficient (Wildman–Crippen LogP) is 2.86. The standard InChI is InChI=1S/C13H9F2NOS/c1-9(17)18-5-3-2-4-10-6-13(15)11(8-16)7-12(10)14/h6-7H,3,5H2,1H3. The predicted molar refractivity (Wildman–Crippen MR) is 65.7 cm³/mol. The fourth-order valence-electron chi connectivity index (χ4n) is 1.13. The van der Waals surface area contributed by atoms with Crippen LogP contribution in [0.4, 0.5) is 8.78 Å². The number of benzene rings is 1. The summed E-state index contributed by atoms with van der Waals surface area (Å²) in [6, 6.07) is 3.27. The summed E-state index contributed by atoms with van der Waals surface area (Å²) < 4.78 is 26.6. The largest absolute Gasteiger partial charge is 0.288 e. The lowest BCUT2D eigenvalue weighted by Crippen LogP contribution is -1.91. The summed E-state index contributed by atoms with van der Waals surface area (Å²) in [5.41, 5.74) is -0.426. The molecule has 0 N–H and O–H groups in total. The maximum absolute atomic E-state index is 13.4. The van der Waals surface area contributed by atoms with Crippen molar-refractivity contribution in [3.63, 3.8) is 0 Å². The highest BCUT2D eigenvalue weighted by Gasteiger charge is 2.07. The molecule has 0 aliphatic heterocycles. The lowest BCUT2D eigenvalue weighted by molar-refractivity contribution is -0.109. The van der Waals surface area contributed by atoms with E-state index in [0.29, 0.717) is 12.2 Å². The third-order valence-electron chi connectivity index (χ3n) is 1.93. The van der Waals surface area contributed by atoms with Crippen molar-refractivity contribution >= 4 is 16.9 Å². The Bertz CT molecular complexity index is 567. The Morgan fingerprint density at radius 3 is 2.56 bits per heavy atom. The molecule has 0 aliphatic rings. The number of nitrogens with zero attached hydrogens (tertiary/aromatic N) is 1. The van der Waals surface area contributed by atoms with Crippen LogP contribution in [0.2, 0.25) is 0 Å². The van der Waals surface area contributed by atoms with Gasteiger partial charge in [0.05, 0.1) is 11.1 Å². The smallest absolute Gasteiger partial charge is 0.185 e. The monoisotopic (exact) mass is 265 g/mol. The van der Waals surface area contributed by atoms with Crippen LogP contribution in [0.1, 0.15) is 24.5 Å². The molecule has 92 valence electrons. The molecule has 0 amide bonds. The lowest BCUT2D eigenvalue weighted by atomic mass is 10.1. The second-order valence-electron chi connectivity index (χ2n) is 3.32. The minimum absolute atomic E-state index is 0.00704. The van der Waals surface area contributed by atoms with Gasteiger partial charge in [-0.1, -0.05) is 23.6 Å². The molecule has 1 aromatic carbocycles. The van der Waals surface area contributed by atoms with Gasteiger partial charge in [0.2, 0.25) is 0 Å². The van der Waals surface area contributed by atoms with Gasteiger partial charge in [-0.05, 0) is 12.1 Å². The van der Waals surface area contributed by atoms with Crippen LogP contribution in [-0.2, 0) is 4.79 Å². The molecule has 0 spiro atoms. The molecule has 0 heterocycles. The highest BCUT2D eigenvalue weighted by atomic mass is 32.2. The highest BCUT2D eigenvalue weighted by Crippen LogP contribution is 2.13. The summed E-state index contributed by atoms with van der Waals surface area (Å²) >= 11 is 1.13. The Balaban J connectivity index is 2.74. The summed E-state index contributed by atoms with van der Waals surface area (Å²) in [5, 5.41) is 8.50. The Labute approximate surface area is 108 Å². The van der Waals surface area contributed by atoms with Crippen LogP contribution < -0.4 is 0 Å². The minimum atomic E-state index is -0.790. The van der Waals surface area contributed by atoms with Gasteiger partial charge in [-0.15, -0.1) is 0 Å². The maximum atomic E-state index is 13.4. The third kappa shape index (κ3) is 4.20. The Hall–Kier alpha value is -1.85. The number of hydrogen-bond donors (Lipinski definition) is 0. The van der Waals surface area contributed by atoms with Gasteiger partial charge in [-0.2, -0.15) is 5.26 Å². The molecule has 1 rings (SSSR count). The van der Waals surface area contributed by atoms with E-state index in [1.165, 1.54) is 6.92 Å². The van der Waals surface area contributed by atoms with E-state index in [2.05, 4.69) is 11.8 Å². The van der Waals surface area contributed by atoms with Crippen molar-refractivity contribution < 1.29 is 13.6 Å². The molecule has 0 bridgehead atoms. The molecule has 0 saturated carbocycles. The second kappa shape index (κ2) is 6.78. The molecule has 18 heavy (non-hydrogen) atoms. The topological polar surface area (TPSA) is 40.9 Å². The number of rotatable bonds is 2. The molecule has 5 heteroatoms. The van der Waals surface area contributed by atoms with Crippen LogP contribution in [0.25, 0.3) is 0 Å². The van der Waals surface area contributed by atoms with Crippen LogP contribution in [0, 0.1) is 34.8 Å². The summed E-state index contributed by atoms with van der Waals surface area (Å²) in [6.45, 7) is 1.45. The molecule has 0 fully saturated rings. The van der Waals surface area contributed by atoms with Crippen molar-refractivity contribution in [3.05, 3.63) is 34.9 Å². The molecule has 0 unspecified atom stereocenters. The van der Waals surface area contributed by atoms with Crippen LogP contribution in [-0.4, -0.2) is 10.9 Å². The number of thioether (sulfide) groups is 1. The minimum Gasteiger partial charge on any atom is -0.288 e. The van der Waals surface area contributed by atoms with Crippen molar-refractivity contribution in [3.8, 4) is 17.9 Å². The zero-order valence-electron chi connectivity index (χ0n) is 9.59. The summed E-state index contributed by atoms with van der Waals surface area (Å²) in [4.78, 5) is 10.6. The van der Waals surface area contributed by atoms with E-state index >= 15 is 0 Å². The van der Waals surface area contributed by atoms with Gasteiger partial charge in [0.1, 0.15) is 17.7 Å². The van der Waals surface area contributed by atoms with E-state index in [4.69, 9.17) is 5.26 Å². The van der Waals surface area contributed by atoms with Gasteiger partial charge < -0.3 is 0 Å². The molecule has 0 saturated heterocycles. The molecular weight excluding hydrogens is 256 g/mol. The first-order valence-electron chi connectivity index (χ1n) is 5.06. The fourth-order valence-corrected chi connectivity index (χ4v) is 1.62. The first-order chi connectivity index (χ1) is 8.54. The fraction of sp³-hybridized carbons (Fsp3) is 0.231. The molecule has 0 aliphatic carbocycles. The molecular formula is C13H9F2NOS. The average Bonchev–Trinajstić information content (AvgIpc) is 2.32. The third-order valence-corrected chi connectivity index (χ3v) is 2.75. The van der Waals surface area contributed by atoms with Gasteiger partial charge in [0.25, 0.3) is 0 Å². The lowest BCUT2D eigenvalue weighted by Gasteiger charge is -1.97. The van der Waals surface area contributed by atoms with E-state index in [0.717, 1.165) is 23.9 Å². The summed E-state index contributed by atoms with van der Waals surface area (Å²) in [7, 11) is 0. The molecule has 0 atom stereocenters. The molecule has 2 nitrogen and oxygen atoms in total. The number of carbonyl (C=O) groups excluding carboxylic acids is 1. The molecule has 0 aromatic heterocycles. The Morgan fingerprint density at radius 2 is 1.94 bits per heavy atom. The summed E-state index contributed by atoms with van der Waals surface area (Å²) in [5.74, 6) is 4.13. The summed E-state index contributed by atoms with van der Waals surface area (Å²) in [6.07, 6.45) is 0.408. The first-order valence-corrected chi connectivity index (χ1v) is 6.04. The van der Waals surface area contributed by atoms with Crippen LogP contribution in [0.3, 0.4) is 0 Å². The van der Waals surface area contributed by atoms with Gasteiger partial charge in [-0.25, -0.2) is 8.78 Å². The normalized spacial score (nSPS) is 9.22. The van der Waals surface area contributed by atoms with E-state index in [-0.39, 0.29) is 16.2 Å². The van der Waals surface area contributed by atoms with Crippen LogP contribution in [0.15, 0.2) is 12.1 Å². The van der Waals surface area contributed by atoms with Gasteiger partial charge in [0.15, 0.2) is 5.12 Å². The Kier molecular flexibility index (Phi) is 5.35. The van der Waals surface area contributed by atoms with E-state index < -0.39 is 11.6 Å². The Morgan fingerprint density at radius 1 is 1.33 bits per heavy atom. The van der Waals surface area contributed by atoms with Gasteiger partial charge >= 0.3 is 0 Å². The van der Waals surface area contributed by atoms with Crippen molar-refractivity contribution in [1.82, 2.24) is 0 Å². The molecule has 0 radical (unpaired) electrons. The van der Waals surface area contributed by atoms with Gasteiger partial charge in [-0.3, -0.25) is 4.79 Å². The second-order valence-corrected chi connectivity index (χ2v) is 4.59. The van der Waals surface area contributed by atoms with Crippen LogP contribution >= 0.6 is 11.8 Å². The quantitative estimate of drug-likeness (QED) is 0.610. The number of nitriles is 1. The van der Waals surface area contributed by atoms with E-state index in [1.807, 2.05) is 0 Å². The highest BCUT2D eigenvalue weighted by molar-refractivity contribution is 8.13. The SMILES string of the molecule is CC(=O)SCCC#Cc1cc(F)c(C#N)cc1F. The maximum Gasteiger partial charge on any atom is 0.185 e.